The average Bonchev–Trinajstić information content (AvgIpc) is 2.98. The van der Waals surface area contributed by atoms with Crippen LogP contribution in [0.5, 0.6) is 0 Å². The van der Waals surface area contributed by atoms with E-state index in [0.717, 1.165) is 0 Å². The number of fused-ring (bicyclic) bond motifs is 1. The van der Waals surface area contributed by atoms with E-state index >= 15 is 0 Å². The van der Waals surface area contributed by atoms with Gasteiger partial charge in [0.25, 0.3) is 0 Å². The summed E-state index contributed by atoms with van der Waals surface area (Å²) in [7, 11) is 0. The monoisotopic (exact) mass is 230 g/mol. The summed E-state index contributed by atoms with van der Waals surface area (Å²) in [6.07, 6.45) is 3.56. The molecule has 17 heavy (non-hydrogen) atoms. The standard InChI is InChI=1S/C12H11FN4/c1-8(17-7-3-6-14-17)12-15-10-5-2-4-9(13)11(10)16-12/h2-8H,1H3,(H,15,16). The van der Waals surface area contributed by atoms with Crippen molar-refractivity contribution >= 4 is 11.0 Å². The van der Waals surface area contributed by atoms with Gasteiger partial charge in [0.2, 0.25) is 0 Å². The number of halogens is 1. The molecule has 0 fully saturated rings. The lowest BCUT2D eigenvalue weighted by molar-refractivity contribution is 0.541. The Morgan fingerprint density at radius 2 is 2.24 bits per heavy atom. The number of hydrogen-bond donors (Lipinski definition) is 1. The maximum Gasteiger partial charge on any atom is 0.151 e. The quantitative estimate of drug-likeness (QED) is 0.735. The summed E-state index contributed by atoms with van der Waals surface area (Å²) in [5.41, 5.74) is 1.08. The summed E-state index contributed by atoms with van der Waals surface area (Å²) < 4.78 is 15.3. The predicted octanol–water partition coefficient (Wildman–Crippen LogP) is 2.51. The molecular formula is C12H11FN4. The molecule has 0 spiro atoms. The fraction of sp³-hybridized carbons (Fsp3) is 0.167. The highest BCUT2D eigenvalue weighted by molar-refractivity contribution is 5.75. The van der Waals surface area contributed by atoms with Gasteiger partial charge < -0.3 is 4.98 Å². The number of para-hydroxylation sites is 1. The Kier molecular flexibility index (Phi) is 2.18. The molecule has 0 amide bonds. The highest BCUT2D eigenvalue weighted by Crippen LogP contribution is 2.20. The smallest absolute Gasteiger partial charge is 0.151 e. The van der Waals surface area contributed by atoms with Gasteiger partial charge in [-0.25, -0.2) is 9.37 Å². The van der Waals surface area contributed by atoms with Crippen LogP contribution in [0, 0.1) is 5.82 Å². The summed E-state index contributed by atoms with van der Waals surface area (Å²) in [4.78, 5) is 7.39. The molecule has 1 unspecified atom stereocenters. The first-order valence-corrected chi connectivity index (χ1v) is 5.39. The zero-order chi connectivity index (χ0) is 11.8. The zero-order valence-electron chi connectivity index (χ0n) is 9.26. The molecule has 3 rings (SSSR count). The number of benzene rings is 1. The Hall–Kier alpha value is -2.17. The first kappa shape index (κ1) is 10.0. The molecule has 2 heterocycles. The highest BCUT2D eigenvalue weighted by atomic mass is 19.1. The van der Waals surface area contributed by atoms with Crippen LogP contribution in [0.25, 0.3) is 11.0 Å². The van der Waals surface area contributed by atoms with E-state index in [4.69, 9.17) is 0 Å². The topological polar surface area (TPSA) is 46.5 Å². The van der Waals surface area contributed by atoms with Gasteiger partial charge in [0, 0.05) is 12.4 Å². The van der Waals surface area contributed by atoms with Crippen LogP contribution < -0.4 is 0 Å². The molecular weight excluding hydrogens is 219 g/mol. The summed E-state index contributed by atoms with van der Waals surface area (Å²) in [6.45, 7) is 1.96. The fourth-order valence-electron chi connectivity index (χ4n) is 1.85. The molecule has 0 saturated heterocycles. The van der Waals surface area contributed by atoms with Crippen LogP contribution in [-0.2, 0) is 0 Å². The van der Waals surface area contributed by atoms with E-state index in [0.29, 0.717) is 16.9 Å². The summed E-state index contributed by atoms with van der Waals surface area (Å²) >= 11 is 0. The number of aromatic nitrogens is 4. The largest absolute Gasteiger partial charge is 0.340 e. The maximum atomic E-state index is 13.5. The van der Waals surface area contributed by atoms with E-state index in [2.05, 4.69) is 15.1 Å². The lowest BCUT2D eigenvalue weighted by Crippen LogP contribution is -2.08. The second-order valence-corrected chi connectivity index (χ2v) is 3.92. The van der Waals surface area contributed by atoms with E-state index in [-0.39, 0.29) is 11.9 Å². The number of nitrogens with zero attached hydrogens (tertiary/aromatic N) is 3. The third-order valence-electron chi connectivity index (χ3n) is 2.80. The molecule has 2 aromatic heterocycles. The van der Waals surface area contributed by atoms with Crippen LogP contribution in [0.3, 0.4) is 0 Å². The van der Waals surface area contributed by atoms with Crippen molar-refractivity contribution in [3.05, 3.63) is 48.3 Å². The maximum absolute atomic E-state index is 13.5. The predicted molar refractivity (Wildman–Crippen MR) is 62.1 cm³/mol. The molecule has 0 saturated carbocycles. The van der Waals surface area contributed by atoms with Crippen molar-refractivity contribution < 1.29 is 4.39 Å². The molecule has 86 valence electrons. The minimum atomic E-state index is -0.308. The molecule has 3 aromatic rings. The molecule has 1 N–H and O–H groups in total. The Balaban J connectivity index is 2.10. The number of rotatable bonds is 2. The molecule has 4 nitrogen and oxygen atoms in total. The van der Waals surface area contributed by atoms with E-state index in [1.54, 1.807) is 16.9 Å². The lowest BCUT2D eigenvalue weighted by atomic mass is 10.3. The summed E-state index contributed by atoms with van der Waals surface area (Å²) in [6, 6.07) is 6.69. The molecule has 5 heteroatoms. The van der Waals surface area contributed by atoms with Crippen molar-refractivity contribution in [1.29, 1.82) is 0 Å². The molecule has 0 aliphatic carbocycles. The van der Waals surface area contributed by atoms with Gasteiger partial charge in [-0.3, -0.25) is 4.68 Å². The van der Waals surface area contributed by atoms with Crippen LogP contribution in [0.4, 0.5) is 4.39 Å². The second kappa shape index (κ2) is 3.69. The van der Waals surface area contributed by atoms with Crippen molar-refractivity contribution in [2.24, 2.45) is 0 Å². The number of aromatic amines is 1. The minimum absolute atomic E-state index is 0.0446. The van der Waals surface area contributed by atoms with Gasteiger partial charge in [0.1, 0.15) is 17.4 Å². The number of hydrogen-bond acceptors (Lipinski definition) is 2. The van der Waals surface area contributed by atoms with Crippen molar-refractivity contribution in [1.82, 2.24) is 19.7 Å². The molecule has 0 aliphatic heterocycles. The summed E-state index contributed by atoms with van der Waals surface area (Å²) in [5.74, 6) is 0.395. The first-order valence-electron chi connectivity index (χ1n) is 5.39. The molecule has 0 aliphatic rings. The van der Waals surface area contributed by atoms with Crippen molar-refractivity contribution in [3.8, 4) is 0 Å². The van der Waals surface area contributed by atoms with Crippen LogP contribution in [0.1, 0.15) is 18.8 Å². The second-order valence-electron chi connectivity index (χ2n) is 3.92. The van der Waals surface area contributed by atoms with Gasteiger partial charge in [-0.05, 0) is 25.1 Å². The van der Waals surface area contributed by atoms with E-state index in [1.807, 2.05) is 25.3 Å². The Morgan fingerprint density at radius 3 is 2.94 bits per heavy atom. The highest BCUT2D eigenvalue weighted by Gasteiger charge is 2.14. The number of H-pyrrole nitrogens is 1. The van der Waals surface area contributed by atoms with Gasteiger partial charge >= 0.3 is 0 Å². The third kappa shape index (κ3) is 1.60. The van der Waals surface area contributed by atoms with Gasteiger partial charge in [-0.1, -0.05) is 6.07 Å². The number of imidazole rings is 1. The van der Waals surface area contributed by atoms with E-state index in [9.17, 15) is 4.39 Å². The van der Waals surface area contributed by atoms with Gasteiger partial charge in [0.15, 0.2) is 5.82 Å². The Morgan fingerprint density at radius 1 is 1.35 bits per heavy atom. The SMILES string of the molecule is CC(c1nc2c(F)cccc2[nH]1)n1cccn1. The third-order valence-corrected chi connectivity index (χ3v) is 2.80. The van der Waals surface area contributed by atoms with E-state index in [1.165, 1.54) is 6.07 Å². The molecule has 1 atom stereocenters. The molecule has 1 aromatic carbocycles. The number of nitrogens with one attached hydrogen (secondary N) is 1. The minimum Gasteiger partial charge on any atom is -0.340 e. The van der Waals surface area contributed by atoms with Gasteiger partial charge in [0.05, 0.1) is 5.52 Å². The molecule has 0 radical (unpaired) electrons. The van der Waals surface area contributed by atoms with Crippen molar-refractivity contribution in [2.45, 2.75) is 13.0 Å². The fourth-order valence-corrected chi connectivity index (χ4v) is 1.85. The normalized spacial score (nSPS) is 13.1. The summed E-state index contributed by atoms with van der Waals surface area (Å²) in [5, 5.41) is 4.15. The van der Waals surface area contributed by atoms with Crippen LogP contribution in [0.2, 0.25) is 0 Å². The van der Waals surface area contributed by atoms with E-state index < -0.39 is 0 Å². The Labute approximate surface area is 97.1 Å². The lowest BCUT2D eigenvalue weighted by Gasteiger charge is -2.08. The van der Waals surface area contributed by atoms with Crippen LogP contribution in [0.15, 0.2) is 36.7 Å². The van der Waals surface area contributed by atoms with Gasteiger partial charge in [-0.15, -0.1) is 0 Å². The van der Waals surface area contributed by atoms with Crippen LogP contribution in [-0.4, -0.2) is 19.7 Å². The Bertz CT molecular complexity index is 642. The first-order chi connectivity index (χ1) is 8.25. The van der Waals surface area contributed by atoms with Gasteiger partial charge in [-0.2, -0.15) is 5.10 Å². The molecule has 0 bridgehead atoms. The zero-order valence-corrected chi connectivity index (χ0v) is 9.26. The van der Waals surface area contributed by atoms with Crippen LogP contribution >= 0.6 is 0 Å². The van der Waals surface area contributed by atoms with Crippen molar-refractivity contribution in [3.63, 3.8) is 0 Å². The average molecular weight is 230 g/mol. The van der Waals surface area contributed by atoms with Crippen molar-refractivity contribution in [2.75, 3.05) is 0 Å².